The summed E-state index contributed by atoms with van der Waals surface area (Å²) >= 11 is 2.20. The van der Waals surface area contributed by atoms with Crippen molar-refractivity contribution >= 4 is 28.6 Å². The lowest BCUT2D eigenvalue weighted by molar-refractivity contribution is 0.0474. The smallest absolute Gasteiger partial charge is 0.345 e. The van der Waals surface area contributed by atoms with E-state index in [1.807, 2.05) is 49.4 Å². The molecule has 0 bridgehead atoms. The second-order valence-electron chi connectivity index (χ2n) is 5.48. The van der Waals surface area contributed by atoms with Crippen LogP contribution in [-0.4, -0.2) is 5.97 Å². The SMILES string of the molecule is CCCC/C=C(\OC(=O)c1ccc(I)cc1)Oc1cccc(C)c1. The minimum Gasteiger partial charge on any atom is -0.426 e. The van der Waals surface area contributed by atoms with E-state index >= 15 is 0 Å². The first-order valence-corrected chi connectivity index (χ1v) is 9.09. The molecule has 24 heavy (non-hydrogen) atoms. The van der Waals surface area contributed by atoms with Crippen molar-refractivity contribution in [1.29, 1.82) is 0 Å². The summed E-state index contributed by atoms with van der Waals surface area (Å²) < 4.78 is 12.3. The van der Waals surface area contributed by atoms with Crippen LogP contribution in [0.15, 0.2) is 60.6 Å². The lowest BCUT2D eigenvalue weighted by Crippen LogP contribution is -2.09. The molecule has 2 aromatic carbocycles. The number of rotatable bonds is 7. The van der Waals surface area contributed by atoms with Gasteiger partial charge >= 0.3 is 5.97 Å². The van der Waals surface area contributed by atoms with E-state index in [-0.39, 0.29) is 5.95 Å². The molecule has 3 nitrogen and oxygen atoms in total. The van der Waals surface area contributed by atoms with Gasteiger partial charge in [0.05, 0.1) is 5.56 Å². The number of carbonyl (C=O) groups excluding carboxylic acids is 1. The number of aryl methyl sites for hydroxylation is 1. The Bertz CT molecular complexity index is 705. The number of benzene rings is 2. The van der Waals surface area contributed by atoms with Crippen LogP contribution >= 0.6 is 22.6 Å². The number of unbranched alkanes of at least 4 members (excludes halogenated alkanes) is 2. The number of hydrogen-bond donors (Lipinski definition) is 0. The van der Waals surface area contributed by atoms with Gasteiger partial charge in [0.2, 0.25) is 0 Å². The molecule has 2 aromatic rings. The van der Waals surface area contributed by atoms with Gasteiger partial charge in [-0.05, 0) is 90.4 Å². The zero-order valence-corrected chi connectivity index (χ0v) is 16.1. The average Bonchev–Trinajstić information content (AvgIpc) is 2.55. The molecular formula is C20H21IO3. The number of hydrogen-bond acceptors (Lipinski definition) is 3. The first-order chi connectivity index (χ1) is 11.6. The van der Waals surface area contributed by atoms with Crippen LogP contribution in [0.4, 0.5) is 0 Å². The van der Waals surface area contributed by atoms with Crippen molar-refractivity contribution < 1.29 is 14.3 Å². The van der Waals surface area contributed by atoms with Gasteiger partial charge in [0.1, 0.15) is 5.75 Å². The predicted octanol–water partition coefficient (Wildman–Crippen LogP) is 5.87. The van der Waals surface area contributed by atoms with Gasteiger partial charge in [0.25, 0.3) is 5.95 Å². The van der Waals surface area contributed by atoms with Gasteiger partial charge < -0.3 is 9.47 Å². The van der Waals surface area contributed by atoms with Crippen molar-refractivity contribution in [3.8, 4) is 5.75 Å². The molecule has 0 aliphatic rings. The van der Waals surface area contributed by atoms with Gasteiger partial charge in [-0.1, -0.05) is 25.5 Å². The highest BCUT2D eigenvalue weighted by atomic mass is 127. The summed E-state index contributed by atoms with van der Waals surface area (Å²) in [7, 11) is 0. The maximum atomic E-state index is 12.3. The molecule has 0 fully saturated rings. The Labute approximate surface area is 156 Å². The fraction of sp³-hybridized carbons (Fsp3) is 0.250. The van der Waals surface area contributed by atoms with Crippen LogP contribution < -0.4 is 4.74 Å². The van der Waals surface area contributed by atoms with Crippen LogP contribution in [0.2, 0.25) is 0 Å². The summed E-state index contributed by atoms with van der Waals surface area (Å²) in [6, 6.07) is 14.9. The summed E-state index contributed by atoms with van der Waals surface area (Å²) in [6.45, 7) is 4.11. The van der Waals surface area contributed by atoms with E-state index in [4.69, 9.17) is 9.47 Å². The number of esters is 1. The third-order valence-corrected chi connectivity index (χ3v) is 4.07. The first-order valence-electron chi connectivity index (χ1n) is 8.01. The molecule has 0 unspecified atom stereocenters. The standard InChI is InChI=1S/C20H21IO3/c1-3-4-5-9-19(23-18-8-6-7-15(2)14-18)24-20(22)16-10-12-17(21)13-11-16/h6-14H,3-5H2,1-2H3/b19-9-. The highest BCUT2D eigenvalue weighted by Gasteiger charge is 2.12. The topological polar surface area (TPSA) is 35.5 Å². The molecule has 0 spiro atoms. The van der Waals surface area contributed by atoms with Crippen molar-refractivity contribution in [2.24, 2.45) is 0 Å². The predicted molar refractivity (Wildman–Crippen MR) is 104 cm³/mol. The van der Waals surface area contributed by atoms with E-state index in [2.05, 4.69) is 29.5 Å². The molecule has 0 aliphatic heterocycles. The molecule has 4 heteroatoms. The van der Waals surface area contributed by atoms with Gasteiger partial charge in [-0.2, -0.15) is 0 Å². The highest BCUT2D eigenvalue weighted by Crippen LogP contribution is 2.18. The number of allylic oxidation sites excluding steroid dienone is 1. The normalized spacial score (nSPS) is 11.2. The fourth-order valence-corrected chi connectivity index (χ4v) is 2.42. The maximum absolute atomic E-state index is 12.3. The molecule has 0 heterocycles. The molecule has 0 aromatic heterocycles. The maximum Gasteiger partial charge on any atom is 0.345 e. The Balaban J connectivity index is 2.12. The molecule has 0 amide bonds. The second kappa shape index (κ2) is 9.47. The molecule has 126 valence electrons. The van der Waals surface area contributed by atoms with Gasteiger partial charge in [-0.25, -0.2) is 4.79 Å². The lowest BCUT2D eigenvalue weighted by atomic mass is 10.2. The van der Waals surface area contributed by atoms with Gasteiger partial charge in [0.15, 0.2) is 0 Å². The van der Waals surface area contributed by atoms with E-state index in [1.165, 1.54) is 0 Å². The third kappa shape index (κ3) is 6.00. The first kappa shape index (κ1) is 18.5. The van der Waals surface area contributed by atoms with Crippen molar-refractivity contribution in [3.05, 3.63) is 75.2 Å². The Kier molecular flexibility index (Phi) is 7.31. The summed E-state index contributed by atoms with van der Waals surface area (Å²) in [5, 5.41) is 0. The average molecular weight is 436 g/mol. The Morgan fingerprint density at radius 2 is 1.92 bits per heavy atom. The quantitative estimate of drug-likeness (QED) is 0.236. The minimum atomic E-state index is -0.415. The van der Waals surface area contributed by atoms with Gasteiger partial charge in [-0.15, -0.1) is 0 Å². The van der Waals surface area contributed by atoms with Crippen molar-refractivity contribution in [2.75, 3.05) is 0 Å². The molecule has 0 saturated heterocycles. The largest absolute Gasteiger partial charge is 0.426 e. The van der Waals surface area contributed by atoms with Crippen LogP contribution in [0.5, 0.6) is 5.75 Å². The molecule has 0 atom stereocenters. The Morgan fingerprint density at radius 3 is 2.58 bits per heavy atom. The lowest BCUT2D eigenvalue weighted by Gasteiger charge is -2.11. The summed E-state index contributed by atoms with van der Waals surface area (Å²) in [6.07, 6.45) is 4.72. The van der Waals surface area contributed by atoms with E-state index < -0.39 is 5.97 Å². The number of carbonyl (C=O) groups is 1. The second-order valence-corrected chi connectivity index (χ2v) is 6.73. The van der Waals surface area contributed by atoms with E-state index in [0.717, 1.165) is 28.4 Å². The third-order valence-electron chi connectivity index (χ3n) is 3.35. The monoisotopic (exact) mass is 436 g/mol. The fourth-order valence-electron chi connectivity index (χ4n) is 2.06. The van der Waals surface area contributed by atoms with Crippen LogP contribution in [0, 0.1) is 10.5 Å². The van der Waals surface area contributed by atoms with Gasteiger partial charge in [-0.3, -0.25) is 0 Å². The van der Waals surface area contributed by atoms with Gasteiger partial charge in [0, 0.05) is 3.57 Å². The minimum absolute atomic E-state index is 0.234. The van der Waals surface area contributed by atoms with Crippen molar-refractivity contribution in [3.63, 3.8) is 0 Å². The molecule has 0 radical (unpaired) electrons. The Hall–Kier alpha value is -1.82. The highest BCUT2D eigenvalue weighted by molar-refractivity contribution is 14.1. The molecule has 0 aliphatic carbocycles. The molecule has 0 saturated carbocycles. The van der Waals surface area contributed by atoms with Crippen LogP contribution in [0.25, 0.3) is 0 Å². The summed E-state index contributed by atoms with van der Waals surface area (Å²) in [5.74, 6) is 0.479. The zero-order chi connectivity index (χ0) is 17.4. The molecule has 2 rings (SSSR count). The van der Waals surface area contributed by atoms with Crippen LogP contribution in [0.1, 0.15) is 42.1 Å². The van der Waals surface area contributed by atoms with E-state index in [9.17, 15) is 4.79 Å². The molecule has 0 N–H and O–H groups in total. The van der Waals surface area contributed by atoms with Crippen molar-refractivity contribution in [1.82, 2.24) is 0 Å². The zero-order valence-electron chi connectivity index (χ0n) is 13.9. The Morgan fingerprint density at radius 1 is 1.17 bits per heavy atom. The molecular weight excluding hydrogens is 415 g/mol. The van der Waals surface area contributed by atoms with Crippen LogP contribution in [-0.2, 0) is 4.74 Å². The number of ether oxygens (including phenoxy) is 2. The van der Waals surface area contributed by atoms with Crippen molar-refractivity contribution in [2.45, 2.75) is 33.1 Å². The van der Waals surface area contributed by atoms with E-state index in [0.29, 0.717) is 11.3 Å². The van der Waals surface area contributed by atoms with Crippen LogP contribution in [0.3, 0.4) is 0 Å². The van der Waals surface area contributed by atoms with E-state index in [1.54, 1.807) is 12.1 Å². The summed E-state index contributed by atoms with van der Waals surface area (Å²) in [5.41, 5.74) is 1.59. The number of halogens is 1. The summed E-state index contributed by atoms with van der Waals surface area (Å²) in [4.78, 5) is 12.3.